The summed E-state index contributed by atoms with van der Waals surface area (Å²) in [5.41, 5.74) is 9.80. The zero-order chi connectivity index (χ0) is 10.1. The maximum absolute atomic E-state index is 5.93. The Morgan fingerprint density at radius 1 is 1.36 bits per heavy atom. The summed E-state index contributed by atoms with van der Waals surface area (Å²) in [6.45, 7) is 2.03. The zero-order valence-electron chi connectivity index (χ0n) is 8.26. The number of aryl methyl sites for hydroxylation is 1. The first kappa shape index (κ1) is 9.75. The maximum Gasteiger partial charge on any atom is 0.0409 e. The topological polar surface area (TPSA) is 26.0 Å². The molecule has 0 aromatic heterocycles. The molecular weight excluding hydrogens is 194 g/mol. The molecule has 0 fully saturated rings. The van der Waals surface area contributed by atoms with Crippen molar-refractivity contribution in [2.45, 2.75) is 25.8 Å². The molecule has 0 bridgehead atoms. The third kappa shape index (κ3) is 1.84. The van der Waals surface area contributed by atoms with Crippen LogP contribution in [0.25, 0.3) is 6.08 Å². The number of benzene rings is 1. The van der Waals surface area contributed by atoms with Crippen LogP contribution >= 0.6 is 11.6 Å². The highest BCUT2D eigenvalue weighted by Crippen LogP contribution is 2.27. The van der Waals surface area contributed by atoms with E-state index in [1.54, 1.807) is 0 Å². The molecule has 0 saturated carbocycles. The molecule has 1 aromatic rings. The highest BCUT2D eigenvalue weighted by molar-refractivity contribution is 6.30. The van der Waals surface area contributed by atoms with Crippen LogP contribution in [-0.2, 0) is 6.42 Å². The molecule has 1 aromatic carbocycles. The van der Waals surface area contributed by atoms with Gasteiger partial charge in [0.05, 0.1) is 0 Å². The molecule has 0 radical (unpaired) electrons. The van der Waals surface area contributed by atoms with Gasteiger partial charge in [-0.3, -0.25) is 0 Å². The average Bonchev–Trinajstić information content (AvgIpc) is 2.16. The van der Waals surface area contributed by atoms with Crippen LogP contribution in [-0.4, -0.2) is 6.04 Å². The van der Waals surface area contributed by atoms with Gasteiger partial charge in [0.15, 0.2) is 0 Å². The first-order valence-corrected chi connectivity index (χ1v) is 5.29. The van der Waals surface area contributed by atoms with E-state index >= 15 is 0 Å². The molecule has 1 atom stereocenters. The lowest BCUT2D eigenvalue weighted by Gasteiger charge is -2.19. The van der Waals surface area contributed by atoms with Crippen LogP contribution in [0.3, 0.4) is 0 Å². The highest BCUT2D eigenvalue weighted by atomic mass is 35.5. The molecule has 1 aliphatic rings. The van der Waals surface area contributed by atoms with E-state index < -0.39 is 0 Å². The lowest BCUT2D eigenvalue weighted by atomic mass is 9.89. The van der Waals surface area contributed by atoms with E-state index in [0.29, 0.717) is 0 Å². The molecule has 2 heteroatoms. The van der Waals surface area contributed by atoms with Gasteiger partial charge in [-0.25, -0.2) is 0 Å². The molecular formula is C12H14ClN. The van der Waals surface area contributed by atoms with Crippen LogP contribution in [0.5, 0.6) is 0 Å². The Morgan fingerprint density at radius 3 is 2.86 bits per heavy atom. The predicted molar refractivity (Wildman–Crippen MR) is 61.4 cm³/mol. The lowest BCUT2D eigenvalue weighted by Crippen LogP contribution is -2.20. The molecule has 0 amide bonds. The number of hydrogen-bond donors (Lipinski definition) is 1. The Kier molecular flexibility index (Phi) is 2.62. The minimum absolute atomic E-state index is 0.166. The number of rotatable bonds is 1. The number of nitrogens with two attached hydrogens (primary N) is 1. The van der Waals surface area contributed by atoms with Gasteiger partial charge in [0.1, 0.15) is 0 Å². The lowest BCUT2D eigenvalue weighted by molar-refractivity contribution is 0.777. The SMILES string of the molecule is CC(N)C1=Cc2ccc(Cl)cc2CC1. The molecule has 2 N–H and O–H groups in total. The van der Waals surface area contributed by atoms with Crippen molar-refractivity contribution in [3.05, 3.63) is 39.9 Å². The third-order valence-electron chi connectivity index (χ3n) is 2.71. The average molecular weight is 208 g/mol. The van der Waals surface area contributed by atoms with E-state index in [-0.39, 0.29) is 6.04 Å². The normalized spacial score (nSPS) is 17.2. The van der Waals surface area contributed by atoms with Gasteiger partial charge in [0, 0.05) is 11.1 Å². The monoisotopic (exact) mass is 207 g/mol. The molecule has 2 rings (SSSR count). The Bertz CT molecular complexity index is 380. The van der Waals surface area contributed by atoms with Gasteiger partial charge in [-0.15, -0.1) is 0 Å². The summed E-state index contributed by atoms with van der Waals surface area (Å²) in [6, 6.07) is 6.21. The fraction of sp³-hybridized carbons (Fsp3) is 0.333. The number of halogens is 1. The summed E-state index contributed by atoms with van der Waals surface area (Å²) in [7, 11) is 0. The van der Waals surface area contributed by atoms with E-state index in [2.05, 4.69) is 12.1 Å². The van der Waals surface area contributed by atoms with Gasteiger partial charge in [-0.1, -0.05) is 29.3 Å². The first-order chi connectivity index (χ1) is 6.66. The number of fused-ring (bicyclic) bond motifs is 1. The Hall–Kier alpha value is -0.790. The smallest absolute Gasteiger partial charge is 0.0409 e. The fourth-order valence-electron chi connectivity index (χ4n) is 1.84. The van der Waals surface area contributed by atoms with Gasteiger partial charge in [-0.05, 0) is 43.0 Å². The highest BCUT2D eigenvalue weighted by Gasteiger charge is 2.12. The standard InChI is InChI=1S/C12H14ClN/c1-8(14)9-2-3-11-7-12(13)5-4-10(11)6-9/h4-8H,2-3,14H2,1H3. The Morgan fingerprint density at radius 2 is 2.14 bits per heavy atom. The van der Waals surface area contributed by atoms with Crippen molar-refractivity contribution < 1.29 is 0 Å². The second-order valence-corrected chi connectivity index (χ2v) is 4.29. The van der Waals surface area contributed by atoms with E-state index in [4.69, 9.17) is 17.3 Å². The number of hydrogen-bond acceptors (Lipinski definition) is 1. The molecule has 0 saturated heterocycles. The van der Waals surface area contributed by atoms with Crippen LogP contribution < -0.4 is 5.73 Å². The zero-order valence-corrected chi connectivity index (χ0v) is 9.01. The first-order valence-electron chi connectivity index (χ1n) is 4.91. The van der Waals surface area contributed by atoms with Crippen molar-refractivity contribution in [3.8, 4) is 0 Å². The van der Waals surface area contributed by atoms with Crippen LogP contribution in [0.1, 0.15) is 24.5 Å². The summed E-state index contributed by atoms with van der Waals surface area (Å²) in [5.74, 6) is 0. The molecule has 1 nitrogen and oxygen atoms in total. The van der Waals surface area contributed by atoms with E-state index in [1.807, 2.05) is 19.1 Å². The molecule has 74 valence electrons. The summed E-state index contributed by atoms with van der Waals surface area (Å²) >= 11 is 5.93. The quantitative estimate of drug-likeness (QED) is 0.753. The van der Waals surface area contributed by atoms with Gasteiger partial charge in [0.2, 0.25) is 0 Å². The second-order valence-electron chi connectivity index (χ2n) is 3.85. The summed E-state index contributed by atoms with van der Waals surface area (Å²) in [4.78, 5) is 0. The second kappa shape index (κ2) is 3.76. The minimum atomic E-state index is 0.166. The van der Waals surface area contributed by atoms with E-state index in [9.17, 15) is 0 Å². The Balaban J connectivity index is 2.40. The van der Waals surface area contributed by atoms with Crippen LogP contribution in [0, 0.1) is 0 Å². The van der Waals surface area contributed by atoms with Crippen molar-refractivity contribution in [2.75, 3.05) is 0 Å². The molecule has 1 unspecified atom stereocenters. The summed E-state index contributed by atoms with van der Waals surface area (Å²) < 4.78 is 0. The molecule has 0 heterocycles. The fourth-order valence-corrected chi connectivity index (χ4v) is 2.04. The largest absolute Gasteiger partial charge is 0.324 e. The van der Waals surface area contributed by atoms with Crippen molar-refractivity contribution in [1.29, 1.82) is 0 Å². The predicted octanol–water partition coefficient (Wildman–Crippen LogP) is 3.02. The van der Waals surface area contributed by atoms with Crippen molar-refractivity contribution in [3.63, 3.8) is 0 Å². The third-order valence-corrected chi connectivity index (χ3v) is 2.95. The summed E-state index contributed by atoms with van der Waals surface area (Å²) in [6.07, 6.45) is 4.31. The van der Waals surface area contributed by atoms with E-state index in [1.165, 1.54) is 16.7 Å². The van der Waals surface area contributed by atoms with Gasteiger partial charge in [0.25, 0.3) is 0 Å². The van der Waals surface area contributed by atoms with Crippen molar-refractivity contribution in [2.24, 2.45) is 5.73 Å². The van der Waals surface area contributed by atoms with E-state index in [0.717, 1.165) is 17.9 Å². The van der Waals surface area contributed by atoms with Gasteiger partial charge in [-0.2, -0.15) is 0 Å². The van der Waals surface area contributed by atoms with Crippen molar-refractivity contribution in [1.82, 2.24) is 0 Å². The van der Waals surface area contributed by atoms with Crippen molar-refractivity contribution >= 4 is 17.7 Å². The van der Waals surface area contributed by atoms with Crippen LogP contribution in [0.15, 0.2) is 23.8 Å². The Labute approximate surface area is 89.6 Å². The maximum atomic E-state index is 5.93. The molecule has 0 spiro atoms. The summed E-state index contributed by atoms with van der Waals surface area (Å²) in [5, 5.41) is 0.821. The molecule has 0 aliphatic heterocycles. The molecule has 14 heavy (non-hydrogen) atoms. The van der Waals surface area contributed by atoms with Crippen LogP contribution in [0.2, 0.25) is 5.02 Å². The minimum Gasteiger partial charge on any atom is -0.324 e. The van der Waals surface area contributed by atoms with Gasteiger partial charge >= 0.3 is 0 Å². The van der Waals surface area contributed by atoms with Crippen LogP contribution in [0.4, 0.5) is 0 Å². The molecule has 1 aliphatic carbocycles. The van der Waals surface area contributed by atoms with Gasteiger partial charge < -0.3 is 5.73 Å².